The van der Waals surface area contributed by atoms with Crippen molar-refractivity contribution >= 4 is 5.78 Å². The first kappa shape index (κ1) is 12.2. The topological polar surface area (TPSA) is 50.2 Å². The number of nitrogens with zero attached hydrogens (tertiary/aromatic N) is 1. The fourth-order valence-electron chi connectivity index (χ4n) is 1.56. The lowest BCUT2D eigenvalue weighted by Gasteiger charge is -2.05. The summed E-state index contributed by atoms with van der Waals surface area (Å²) in [4.78, 5) is 15.8. The van der Waals surface area contributed by atoms with Crippen LogP contribution in [0.25, 0.3) is 0 Å². The molecule has 18 heavy (non-hydrogen) atoms. The average molecular weight is 249 g/mol. The number of carbonyl (C=O) groups excluding carboxylic acids is 1. The minimum absolute atomic E-state index is 0.0123. The van der Waals surface area contributed by atoms with Gasteiger partial charge in [0.05, 0.1) is 0 Å². The standard InChI is InChI=1S/C13H9F2NO2/c14-13(15)10-4-9(5-11(17)6-10)12(18)8-2-1-3-16-7-8/h1-7,13,17H. The Kier molecular flexibility index (Phi) is 3.32. The van der Waals surface area contributed by atoms with Gasteiger partial charge < -0.3 is 5.11 Å². The van der Waals surface area contributed by atoms with Crippen LogP contribution >= 0.6 is 0 Å². The van der Waals surface area contributed by atoms with Crippen LogP contribution in [0.5, 0.6) is 5.75 Å². The van der Waals surface area contributed by atoms with Crippen molar-refractivity contribution in [1.29, 1.82) is 0 Å². The predicted octanol–water partition coefficient (Wildman–Crippen LogP) is 2.96. The molecule has 3 nitrogen and oxygen atoms in total. The molecule has 0 saturated carbocycles. The minimum atomic E-state index is -2.74. The Morgan fingerprint density at radius 1 is 1.22 bits per heavy atom. The molecule has 1 N–H and O–H groups in total. The maximum Gasteiger partial charge on any atom is 0.264 e. The van der Waals surface area contributed by atoms with Crippen molar-refractivity contribution in [3.63, 3.8) is 0 Å². The Labute approximate surface area is 102 Å². The van der Waals surface area contributed by atoms with Crippen molar-refractivity contribution in [1.82, 2.24) is 4.98 Å². The van der Waals surface area contributed by atoms with Gasteiger partial charge in [0, 0.05) is 29.1 Å². The largest absolute Gasteiger partial charge is 0.508 e. The van der Waals surface area contributed by atoms with Crippen molar-refractivity contribution in [2.45, 2.75) is 6.43 Å². The second kappa shape index (κ2) is 4.91. The smallest absolute Gasteiger partial charge is 0.264 e. The van der Waals surface area contributed by atoms with Crippen LogP contribution < -0.4 is 0 Å². The zero-order valence-electron chi connectivity index (χ0n) is 9.18. The predicted molar refractivity (Wildman–Crippen MR) is 60.7 cm³/mol. The van der Waals surface area contributed by atoms with Gasteiger partial charge in [-0.25, -0.2) is 8.78 Å². The second-order valence-corrected chi connectivity index (χ2v) is 3.68. The Balaban J connectivity index is 2.42. The first-order valence-electron chi connectivity index (χ1n) is 5.15. The van der Waals surface area contributed by atoms with E-state index < -0.39 is 12.2 Å². The molecule has 1 heterocycles. The molecular weight excluding hydrogens is 240 g/mol. The molecule has 0 amide bonds. The summed E-state index contributed by atoms with van der Waals surface area (Å²) in [6, 6.07) is 6.26. The molecule has 0 saturated heterocycles. The maximum absolute atomic E-state index is 12.6. The fourth-order valence-corrected chi connectivity index (χ4v) is 1.56. The number of phenolic OH excluding ortho intramolecular Hbond substituents is 1. The van der Waals surface area contributed by atoms with E-state index in [0.717, 1.165) is 18.2 Å². The van der Waals surface area contributed by atoms with Gasteiger partial charge in [0.2, 0.25) is 0 Å². The number of pyridine rings is 1. The van der Waals surface area contributed by atoms with Crippen molar-refractivity contribution < 1.29 is 18.7 Å². The monoisotopic (exact) mass is 249 g/mol. The van der Waals surface area contributed by atoms with Gasteiger partial charge in [-0.05, 0) is 30.3 Å². The van der Waals surface area contributed by atoms with Crippen molar-refractivity contribution in [3.8, 4) is 5.75 Å². The van der Waals surface area contributed by atoms with Gasteiger partial charge in [0.1, 0.15) is 5.75 Å². The Morgan fingerprint density at radius 3 is 2.61 bits per heavy atom. The minimum Gasteiger partial charge on any atom is -0.508 e. The van der Waals surface area contributed by atoms with Crippen LogP contribution in [-0.2, 0) is 0 Å². The van der Waals surface area contributed by atoms with Crippen LogP contribution in [0.2, 0.25) is 0 Å². The van der Waals surface area contributed by atoms with E-state index in [1.54, 1.807) is 6.07 Å². The van der Waals surface area contributed by atoms with E-state index in [0.29, 0.717) is 0 Å². The molecule has 0 spiro atoms. The molecule has 2 rings (SSSR count). The zero-order chi connectivity index (χ0) is 13.1. The van der Waals surface area contributed by atoms with Gasteiger partial charge in [0.15, 0.2) is 5.78 Å². The summed E-state index contributed by atoms with van der Waals surface area (Å²) in [5.74, 6) is -0.819. The summed E-state index contributed by atoms with van der Waals surface area (Å²) in [6.45, 7) is 0. The number of carbonyl (C=O) groups is 1. The van der Waals surface area contributed by atoms with Crippen LogP contribution in [0.4, 0.5) is 8.78 Å². The third-order valence-corrected chi connectivity index (χ3v) is 2.38. The molecule has 2 aromatic rings. The van der Waals surface area contributed by atoms with Crippen molar-refractivity contribution in [2.24, 2.45) is 0 Å². The molecule has 92 valence electrons. The van der Waals surface area contributed by atoms with E-state index >= 15 is 0 Å². The highest BCUT2D eigenvalue weighted by Crippen LogP contribution is 2.25. The SMILES string of the molecule is O=C(c1cccnc1)c1cc(O)cc(C(F)F)c1. The molecule has 1 aromatic heterocycles. The Hall–Kier alpha value is -2.30. The van der Waals surface area contributed by atoms with Crippen molar-refractivity contribution in [3.05, 3.63) is 59.4 Å². The number of hydrogen-bond donors (Lipinski definition) is 1. The number of aromatic nitrogens is 1. The summed E-state index contributed by atoms with van der Waals surface area (Å²) in [6.07, 6.45) is 0.107. The molecule has 0 aliphatic rings. The molecule has 1 aromatic carbocycles. The molecule has 5 heteroatoms. The van der Waals surface area contributed by atoms with Gasteiger partial charge in [-0.1, -0.05) is 0 Å². The molecule has 0 aliphatic heterocycles. The van der Waals surface area contributed by atoms with Crippen molar-refractivity contribution in [2.75, 3.05) is 0 Å². The third-order valence-electron chi connectivity index (χ3n) is 2.38. The number of ketones is 1. The van der Waals surface area contributed by atoms with Gasteiger partial charge in [-0.15, -0.1) is 0 Å². The van der Waals surface area contributed by atoms with Gasteiger partial charge in [-0.3, -0.25) is 9.78 Å². The van der Waals surface area contributed by atoms with Crippen LogP contribution in [-0.4, -0.2) is 15.9 Å². The number of hydrogen-bond acceptors (Lipinski definition) is 3. The number of halogens is 2. The fraction of sp³-hybridized carbons (Fsp3) is 0.0769. The normalized spacial score (nSPS) is 10.6. The van der Waals surface area contributed by atoms with Gasteiger partial charge >= 0.3 is 0 Å². The maximum atomic E-state index is 12.6. The summed E-state index contributed by atoms with van der Waals surface area (Å²) >= 11 is 0. The van der Waals surface area contributed by atoms with Crippen LogP contribution in [0.1, 0.15) is 27.9 Å². The molecule has 0 unspecified atom stereocenters. The Morgan fingerprint density at radius 2 is 2.00 bits per heavy atom. The molecule has 0 atom stereocenters. The zero-order valence-corrected chi connectivity index (χ0v) is 9.18. The molecule has 0 aliphatic carbocycles. The summed E-state index contributed by atoms with van der Waals surface area (Å²) in [5.41, 5.74) is -0.0937. The second-order valence-electron chi connectivity index (χ2n) is 3.68. The summed E-state index contributed by atoms with van der Waals surface area (Å²) < 4.78 is 25.1. The summed E-state index contributed by atoms with van der Waals surface area (Å²) in [7, 11) is 0. The first-order chi connectivity index (χ1) is 8.58. The average Bonchev–Trinajstić information content (AvgIpc) is 2.38. The first-order valence-corrected chi connectivity index (χ1v) is 5.15. The summed E-state index contributed by atoms with van der Waals surface area (Å²) in [5, 5.41) is 9.34. The quantitative estimate of drug-likeness (QED) is 0.851. The van der Waals surface area contributed by atoms with E-state index in [1.165, 1.54) is 18.5 Å². The highest BCUT2D eigenvalue weighted by molar-refractivity contribution is 6.09. The van der Waals surface area contributed by atoms with Crippen LogP contribution in [0, 0.1) is 0 Å². The molecular formula is C13H9F2NO2. The Bertz CT molecular complexity index is 570. The lowest BCUT2D eigenvalue weighted by Crippen LogP contribution is -2.02. The number of rotatable bonds is 3. The van der Waals surface area contributed by atoms with Crippen LogP contribution in [0.15, 0.2) is 42.7 Å². The van der Waals surface area contributed by atoms with E-state index in [1.807, 2.05) is 0 Å². The lowest BCUT2D eigenvalue weighted by atomic mass is 10.0. The van der Waals surface area contributed by atoms with Gasteiger partial charge in [-0.2, -0.15) is 0 Å². The number of alkyl halides is 2. The number of benzene rings is 1. The number of phenols is 1. The molecule has 0 radical (unpaired) electrons. The van der Waals surface area contributed by atoms with Gasteiger partial charge in [0.25, 0.3) is 6.43 Å². The highest BCUT2D eigenvalue weighted by atomic mass is 19.3. The lowest BCUT2D eigenvalue weighted by molar-refractivity contribution is 0.103. The third kappa shape index (κ3) is 2.51. The van der Waals surface area contributed by atoms with E-state index in [-0.39, 0.29) is 22.4 Å². The van der Waals surface area contributed by atoms with E-state index in [4.69, 9.17) is 0 Å². The number of aromatic hydroxyl groups is 1. The van der Waals surface area contributed by atoms with E-state index in [9.17, 15) is 18.7 Å². The van der Waals surface area contributed by atoms with Crippen LogP contribution in [0.3, 0.4) is 0 Å². The highest BCUT2D eigenvalue weighted by Gasteiger charge is 2.15. The molecule has 0 fully saturated rings. The molecule has 0 bridgehead atoms. The van der Waals surface area contributed by atoms with E-state index in [2.05, 4.69) is 4.98 Å².